The van der Waals surface area contributed by atoms with Gasteiger partial charge in [0.1, 0.15) is 0 Å². The number of non-ortho nitro benzene ring substituents is 1. The van der Waals surface area contributed by atoms with Gasteiger partial charge in [0, 0.05) is 18.3 Å². The number of ether oxygens (including phenoxy) is 1. The van der Waals surface area contributed by atoms with Crippen LogP contribution in [0, 0.1) is 10.1 Å². The van der Waals surface area contributed by atoms with E-state index in [2.05, 4.69) is 4.99 Å². The predicted molar refractivity (Wildman–Crippen MR) is 68.2 cm³/mol. The summed E-state index contributed by atoms with van der Waals surface area (Å²) < 4.78 is 4.72. The van der Waals surface area contributed by atoms with Crippen molar-refractivity contribution >= 4 is 17.9 Å². The molecule has 1 aromatic carbocycles. The quantitative estimate of drug-likeness (QED) is 0.357. The van der Waals surface area contributed by atoms with Gasteiger partial charge in [-0.05, 0) is 12.5 Å². The zero-order valence-corrected chi connectivity index (χ0v) is 10.4. The number of carbonyl (C=O) groups excluding carboxylic acids is 1. The van der Waals surface area contributed by atoms with Crippen LogP contribution in [0.15, 0.2) is 29.3 Å². The molecule has 7 nitrogen and oxygen atoms in total. The monoisotopic (exact) mass is 266 g/mol. The van der Waals surface area contributed by atoms with Crippen molar-refractivity contribution in [2.75, 3.05) is 13.2 Å². The highest BCUT2D eigenvalue weighted by molar-refractivity contribution is 5.84. The molecule has 1 atom stereocenters. The molecule has 0 bridgehead atoms. The van der Waals surface area contributed by atoms with Crippen LogP contribution in [0.5, 0.6) is 0 Å². The number of rotatable bonds is 6. The largest absolute Gasteiger partial charge is 0.464 e. The fraction of sp³-hybridized carbons (Fsp3) is 0.333. The Hall–Kier alpha value is -2.28. The average molecular weight is 266 g/mol. The van der Waals surface area contributed by atoms with E-state index in [1.54, 1.807) is 13.0 Å². The molecule has 0 fully saturated rings. The lowest BCUT2D eigenvalue weighted by atomic mass is 10.2. The summed E-state index contributed by atoms with van der Waals surface area (Å²) in [5.41, 5.74) is 0.401. The molecule has 102 valence electrons. The molecule has 0 aliphatic carbocycles. The molecule has 19 heavy (non-hydrogen) atoms. The maximum absolute atomic E-state index is 11.4. The number of aliphatic imine (C=N–C) groups is 1. The van der Waals surface area contributed by atoms with Gasteiger partial charge in [-0.25, -0.2) is 4.79 Å². The number of hydrogen-bond acceptors (Lipinski definition) is 6. The lowest BCUT2D eigenvalue weighted by Gasteiger charge is -2.07. The molecule has 0 radical (unpaired) electrons. The lowest BCUT2D eigenvalue weighted by Crippen LogP contribution is -2.25. The number of nitro groups is 1. The minimum absolute atomic E-state index is 0.0689. The van der Waals surface area contributed by atoms with E-state index in [4.69, 9.17) is 9.84 Å². The smallest absolute Gasteiger partial charge is 0.333 e. The first-order valence-electron chi connectivity index (χ1n) is 5.63. The van der Waals surface area contributed by atoms with Crippen molar-refractivity contribution in [3.8, 4) is 0 Å². The molecule has 0 heterocycles. The van der Waals surface area contributed by atoms with Crippen molar-refractivity contribution < 1.29 is 19.6 Å². The van der Waals surface area contributed by atoms with E-state index < -0.39 is 23.5 Å². The third-order valence-electron chi connectivity index (χ3n) is 2.22. The minimum Gasteiger partial charge on any atom is -0.464 e. The molecule has 1 N–H and O–H groups in total. The molecule has 1 unspecified atom stereocenters. The van der Waals surface area contributed by atoms with E-state index in [1.165, 1.54) is 24.4 Å². The fourth-order valence-electron chi connectivity index (χ4n) is 1.32. The Morgan fingerprint density at radius 1 is 1.63 bits per heavy atom. The highest BCUT2D eigenvalue weighted by Crippen LogP contribution is 2.11. The Balaban J connectivity index is 2.81. The van der Waals surface area contributed by atoms with E-state index in [9.17, 15) is 14.9 Å². The third-order valence-corrected chi connectivity index (χ3v) is 2.22. The van der Waals surface area contributed by atoms with Crippen molar-refractivity contribution in [1.29, 1.82) is 0 Å². The number of benzene rings is 1. The highest BCUT2D eigenvalue weighted by Gasteiger charge is 2.16. The molecule has 0 saturated heterocycles. The van der Waals surface area contributed by atoms with E-state index in [1.807, 2.05) is 0 Å². The van der Waals surface area contributed by atoms with Crippen LogP contribution in [-0.2, 0) is 9.53 Å². The summed E-state index contributed by atoms with van der Waals surface area (Å²) in [5, 5.41) is 19.6. The third kappa shape index (κ3) is 4.47. The van der Waals surface area contributed by atoms with Crippen LogP contribution in [0.4, 0.5) is 5.69 Å². The van der Waals surface area contributed by atoms with Crippen LogP contribution in [0.25, 0.3) is 0 Å². The van der Waals surface area contributed by atoms with Crippen LogP contribution < -0.4 is 0 Å². The second-order valence-electron chi connectivity index (χ2n) is 3.58. The van der Waals surface area contributed by atoms with Crippen LogP contribution in [0.1, 0.15) is 12.5 Å². The first-order chi connectivity index (χ1) is 9.08. The second-order valence-corrected chi connectivity index (χ2v) is 3.58. The van der Waals surface area contributed by atoms with Gasteiger partial charge in [-0.1, -0.05) is 12.1 Å². The summed E-state index contributed by atoms with van der Waals surface area (Å²) >= 11 is 0. The zero-order chi connectivity index (χ0) is 14.3. The molecular formula is C12H14N2O5. The summed E-state index contributed by atoms with van der Waals surface area (Å²) in [6.45, 7) is 1.36. The Kier molecular flexibility index (Phi) is 5.62. The Bertz CT molecular complexity index is 487. The molecule has 0 aromatic heterocycles. The standard InChI is InChI=1S/C12H14N2O5/c1-2-19-12(16)11(8-15)13-7-9-4-3-5-10(6-9)14(17)18/h3-7,11,15H,2,8H2,1H3/b13-7-. The van der Waals surface area contributed by atoms with Crippen molar-refractivity contribution in [2.24, 2.45) is 4.99 Å². The molecule has 0 spiro atoms. The average Bonchev–Trinajstić information content (AvgIpc) is 2.40. The van der Waals surface area contributed by atoms with Crippen LogP contribution >= 0.6 is 0 Å². The fourth-order valence-corrected chi connectivity index (χ4v) is 1.32. The number of aliphatic hydroxyl groups is 1. The summed E-state index contributed by atoms with van der Waals surface area (Å²) in [4.78, 5) is 25.3. The van der Waals surface area contributed by atoms with Gasteiger partial charge in [-0.15, -0.1) is 0 Å². The first-order valence-corrected chi connectivity index (χ1v) is 5.63. The lowest BCUT2D eigenvalue weighted by molar-refractivity contribution is -0.384. The number of aliphatic hydroxyl groups excluding tert-OH is 1. The van der Waals surface area contributed by atoms with E-state index in [-0.39, 0.29) is 12.3 Å². The van der Waals surface area contributed by atoms with Crippen LogP contribution in [-0.4, -0.2) is 41.5 Å². The van der Waals surface area contributed by atoms with Gasteiger partial charge in [0.05, 0.1) is 18.1 Å². The zero-order valence-electron chi connectivity index (χ0n) is 10.4. The normalized spacial score (nSPS) is 12.3. The van der Waals surface area contributed by atoms with Gasteiger partial charge in [0.25, 0.3) is 5.69 Å². The van der Waals surface area contributed by atoms with Gasteiger partial charge in [-0.2, -0.15) is 0 Å². The van der Waals surface area contributed by atoms with Gasteiger partial charge >= 0.3 is 5.97 Å². The first kappa shape index (κ1) is 14.8. The van der Waals surface area contributed by atoms with E-state index >= 15 is 0 Å². The number of nitrogens with zero attached hydrogens (tertiary/aromatic N) is 2. The molecule has 1 rings (SSSR count). The minimum atomic E-state index is -1.01. The van der Waals surface area contributed by atoms with Gasteiger partial charge < -0.3 is 9.84 Å². The van der Waals surface area contributed by atoms with Crippen molar-refractivity contribution in [1.82, 2.24) is 0 Å². The number of hydrogen-bond donors (Lipinski definition) is 1. The van der Waals surface area contributed by atoms with E-state index in [0.29, 0.717) is 5.56 Å². The highest BCUT2D eigenvalue weighted by atomic mass is 16.6. The molecule has 0 aliphatic rings. The predicted octanol–water partition coefficient (Wildman–Crippen LogP) is 0.938. The maximum atomic E-state index is 11.4. The summed E-state index contributed by atoms with van der Waals surface area (Å²) in [6, 6.07) is 4.78. The molecule has 0 amide bonds. The molecule has 1 aromatic rings. The molecule has 0 aliphatic heterocycles. The van der Waals surface area contributed by atoms with Crippen molar-refractivity contribution in [3.63, 3.8) is 0 Å². The van der Waals surface area contributed by atoms with Gasteiger partial charge in [0.2, 0.25) is 0 Å². The summed E-state index contributed by atoms with van der Waals surface area (Å²) in [6.07, 6.45) is 1.30. The van der Waals surface area contributed by atoms with Crippen LogP contribution in [0.2, 0.25) is 0 Å². The van der Waals surface area contributed by atoms with Crippen molar-refractivity contribution in [3.05, 3.63) is 39.9 Å². The Labute approximate surface area is 109 Å². The van der Waals surface area contributed by atoms with Gasteiger partial charge in [0.15, 0.2) is 6.04 Å². The van der Waals surface area contributed by atoms with Crippen LogP contribution in [0.3, 0.4) is 0 Å². The number of esters is 1. The molecular weight excluding hydrogens is 252 g/mol. The van der Waals surface area contributed by atoms with Crippen molar-refractivity contribution in [2.45, 2.75) is 13.0 Å². The Morgan fingerprint density at radius 2 is 2.37 bits per heavy atom. The Morgan fingerprint density at radius 3 is 2.95 bits per heavy atom. The second kappa shape index (κ2) is 7.22. The molecule has 0 saturated carbocycles. The molecule has 7 heteroatoms. The summed E-state index contributed by atoms with van der Waals surface area (Å²) in [5.74, 6) is -0.633. The number of nitro benzene ring substituents is 1. The topological polar surface area (TPSA) is 102 Å². The van der Waals surface area contributed by atoms with E-state index in [0.717, 1.165) is 0 Å². The number of carbonyl (C=O) groups is 1. The maximum Gasteiger partial charge on any atom is 0.333 e. The summed E-state index contributed by atoms with van der Waals surface area (Å²) in [7, 11) is 0. The van der Waals surface area contributed by atoms with Gasteiger partial charge in [-0.3, -0.25) is 15.1 Å². The SMILES string of the molecule is CCOC(=O)C(CO)/N=C\c1cccc([N+](=O)[O-])c1.